The summed E-state index contributed by atoms with van der Waals surface area (Å²) in [5.41, 5.74) is 1.35. The van der Waals surface area contributed by atoms with E-state index in [2.05, 4.69) is 20.8 Å². The Morgan fingerprint density at radius 1 is 0.800 bits per heavy atom. The van der Waals surface area contributed by atoms with Gasteiger partial charge in [-0.3, -0.25) is 0 Å². The van der Waals surface area contributed by atoms with E-state index in [9.17, 15) is 0 Å². The van der Waals surface area contributed by atoms with Crippen LogP contribution in [0.3, 0.4) is 0 Å². The normalized spacial score (nSPS) is 39.5. The fraction of sp³-hybridized carbons (Fsp3) is 1.00. The largest absolute Gasteiger partial charge is 0.0654 e. The Balaban J connectivity index is 1.59. The molecule has 0 aromatic heterocycles. The molecule has 0 aliphatic heterocycles. The topological polar surface area (TPSA) is 0 Å². The van der Waals surface area contributed by atoms with E-state index >= 15 is 0 Å². The van der Waals surface area contributed by atoms with Gasteiger partial charge < -0.3 is 0 Å². The third-order valence-electron chi connectivity index (χ3n) is 7.38. The quantitative estimate of drug-likeness (QED) is 0.460. The van der Waals surface area contributed by atoms with Crippen molar-refractivity contribution in [2.24, 2.45) is 28.6 Å². The molecule has 0 heterocycles. The van der Waals surface area contributed by atoms with Crippen LogP contribution in [0, 0.1) is 28.6 Å². The smallest absolute Gasteiger partial charge is 0.0238 e. The molecule has 4 aliphatic rings. The molecular weight excluding hydrogens is 240 g/mol. The number of rotatable bonds is 7. The van der Waals surface area contributed by atoms with Crippen LogP contribution in [0.1, 0.15) is 97.8 Å². The van der Waals surface area contributed by atoms with Gasteiger partial charge in [0, 0.05) is 0 Å². The molecule has 0 nitrogen and oxygen atoms in total. The van der Waals surface area contributed by atoms with Gasteiger partial charge in [-0.15, -0.1) is 0 Å². The molecule has 0 N–H and O–H groups in total. The van der Waals surface area contributed by atoms with Crippen LogP contribution in [0.4, 0.5) is 0 Å². The van der Waals surface area contributed by atoms with Crippen LogP contribution in [0.2, 0.25) is 0 Å². The van der Waals surface area contributed by atoms with Crippen LogP contribution in [0.5, 0.6) is 0 Å². The predicted molar refractivity (Wildman–Crippen MR) is 87.8 cm³/mol. The van der Waals surface area contributed by atoms with Gasteiger partial charge in [0.2, 0.25) is 0 Å². The van der Waals surface area contributed by atoms with E-state index in [1.165, 1.54) is 38.5 Å². The lowest BCUT2D eigenvalue weighted by atomic mass is 9.42. The zero-order valence-electron chi connectivity index (χ0n) is 14.2. The monoisotopic (exact) mass is 276 g/mol. The molecule has 20 heavy (non-hydrogen) atoms. The summed E-state index contributed by atoms with van der Waals surface area (Å²) in [5.74, 6) is 3.34. The van der Waals surface area contributed by atoms with Gasteiger partial charge in [-0.25, -0.2) is 0 Å². The summed E-state index contributed by atoms with van der Waals surface area (Å²) in [6.45, 7) is 7.57. The van der Waals surface area contributed by atoms with E-state index in [4.69, 9.17) is 0 Å². The van der Waals surface area contributed by atoms with Gasteiger partial charge in [0.05, 0.1) is 0 Å². The summed E-state index contributed by atoms with van der Waals surface area (Å²) in [4.78, 5) is 0. The van der Waals surface area contributed by atoms with Gasteiger partial charge in [0.15, 0.2) is 0 Å². The molecule has 0 atom stereocenters. The summed E-state index contributed by atoms with van der Waals surface area (Å²) in [6, 6.07) is 0. The molecule has 0 heteroatoms. The van der Waals surface area contributed by atoms with Crippen LogP contribution >= 0.6 is 0 Å². The van der Waals surface area contributed by atoms with E-state index in [1.807, 2.05) is 0 Å². The lowest BCUT2D eigenvalue weighted by Crippen LogP contribution is -2.52. The molecular formula is C20H36. The summed E-state index contributed by atoms with van der Waals surface area (Å²) in [7, 11) is 0. The van der Waals surface area contributed by atoms with Gasteiger partial charge in [0.25, 0.3) is 0 Å². The Labute approximate surface area is 127 Å². The fourth-order valence-electron chi connectivity index (χ4n) is 6.38. The Morgan fingerprint density at radius 3 is 1.80 bits per heavy atom. The lowest BCUT2D eigenvalue weighted by molar-refractivity contribution is -0.122. The molecule has 4 aliphatic carbocycles. The molecule has 0 radical (unpaired) electrons. The second-order valence-corrected chi connectivity index (χ2v) is 9.25. The third kappa shape index (κ3) is 2.69. The van der Waals surface area contributed by atoms with E-state index in [0.717, 1.165) is 23.2 Å². The molecule has 0 aromatic rings. The van der Waals surface area contributed by atoms with Crippen molar-refractivity contribution >= 4 is 0 Å². The van der Waals surface area contributed by atoms with Gasteiger partial charge in [-0.1, -0.05) is 52.9 Å². The van der Waals surface area contributed by atoms with Gasteiger partial charge in [-0.2, -0.15) is 0 Å². The van der Waals surface area contributed by atoms with E-state index < -0.39 is 0 Å². The second-order valence-electron chi connectivity index (χ2n) is 9.25. The maximum Gasteiger partial charge on any atom is -0.0238 e. The van der Waals surface area contributed by atoms with Crippen molar-refractivity contribution in [3.63, 3.8) is 0 Å². The highest BCUT2D eigenvalue weighted by Gasteiger charge is 2.56. The van der Waals surface area contributed by atoms with E-state index in [0.29, 0.717) is 5.41 Å². The minimum Gasteiger partial charge on any atom is -0.0654 e. The highest BCUT2D eigenvalue weighted by molar-refractivity contribution is 5.06. The number of hydrogen-bond acceptors (Lipinski definition) is 0. The molecule has 0 amide bonds. The van der Waals surface area contributed by atoms with Crippen molar-refractivity contribution in [2.75, 3.05) is 0 Å². The maximum atomic E-state index is 2.62. The van der Waals surface area contributed by atoms with Crippen molar-refractivity contribution < 1.29 is 0 Å². The molecule has 4 saturated carbocycles. The van der Waals surface area contributed by atoms with Gasteiger partial charge in [0.1, 0.15) is 0 Å². The summed E-state index contributed by atoms with van der Waals surface area (Å²) < 4.78 is 0. The SMILES string of the molecule is CCCCCCCC(C)(C)C12CC3CC(CC(C3)C1)C2. The molecule has 0 saturated heterocycles. The van der Waals surface area contributed by atoms with Crippen LogP contribution in [0.25, 0.3) is 0 Å². The van der Waals surface area contributed by atoms with Crippen molar-refractivity contribution in [1.82, 2.24) is 0 Å². The van der Waals surface area contributed by atoms with Gasteiger partial charge >= 0.3 is 0 Å². The number of hydrogen-bond donors (Lipinski definition) is 0. The van der Waals surface area contributed by atoms with Crippen molar-refractivity contribution in [3.05, 3.63) is 0 Å². The first-order valence-electron chi connectivity index (χ1n) is 9.55. The van der Waals surface area contributed by atoms with E-state index in [1.54, 1.807) is 38.5 Å². The minimum absolute atomic E-state index is 0.606. The van der Waals surface area contributed by atoms with Crippen LogP contribution in [0.15, 0.2) is 0 Å². The fourth-order valence-corrected chi connectivity index (χ4v) is 6.38. The Hall–Kier alpha value is 0. The average Bonchev–Trinajstić information content (AvgIpc) is 2.36. The molecule has 4 bridgehead atoms. The maximum absolute atomic E-state index is 2.62. The van der Waals surface area contributed by atoms with Crippen LogP contribution in [-0.4, -0.2) is 0 Å². The first kappa shape index (κ1) is 14.9. The average molecular weight is 277 g/mol. The standard InChI is InChI=1S/C20H36/c1-4-5-6-7-8-9-19(2,3)20-13-16-10-17(14-20)12-18(11-16)15-20/h16-18H,4-15H2,1-3H3. The van der Waals surface area contributed by atoms with Crippen LogP contribution in [-0.2, 0) is 0 Å². The molecule has 0 aromatic carbocycles. The first-order valence-corrected chi connectivity index (χ1v) is 9.55. The molecule has 4 rings (SSSR count). The van der Waals surface area contributed by atoms with Gasteiger partial charge in [-0.05, 0) is 73.5 Å². The van der Waals surface area contributed by atoms with Crippen molar-refractivity contribution in [2.45, 2.75) is 97.8 Å². The summed E-state index contributed by atoms with van der Waals surface area (Å²) in [5, 5.41) is 0. The molecule has 116 valence electrons. The summed E-state index contributed by atoms with van der Waals surface area (Å²) >= 11 is 0. The number of unbranched alkanes of at least 4 members (excludes halogenated alkanes) is 4. The first-order chi connectivity index (χ1) is 9.55. The Morgan fingerprint density at radius 2 is 1.30 bits per heavy atom. The highest BCUT2D eigenvalue weighted by Crippen LogP contribution is 2.66. The Kier molecular flexibility index (Phi) is 4.22. The van der Waals surface area contributed by atoms with E-state index in [-0.39, 0.29) is 0 Å². The second kappa shape index (κ2) is 5.65. The molecule has 0 unspecified atom stereocenters. The summed E-state index contributed by atoms with van der Waals surface area (Å²) in [6.07, 6.45) is 18.2. The minimum atomic E-state index is 0.606. The zero-order valence-corrected chi connectivity index (χ0v) is 14.2. The zero-order chi connectivity index (χ0) is 14.2. The van der Waals surface area contributed by atoms with Crippen molar-refractivity contribution in [3.8, 4) is 0 Å². The van der Waals surface area contributed by atoms with Crippen LogP contribution < -0.4 is 0 Å². The third-order valence-corrected chi connectivity index (χ3v) is 7.38. The Bertz CT molecular complexity index is 290. The highest BCUT2D eigenvalue weighted by atomic mass is 14.6. The molecule has 4 fully saturated rings. The predicted octanol–water partition coefficient (Wildman–Crippen LogP) is 6.59. The lowest BCUT2D eigenvalue weighted by Gasteiger charge is -2.62. The molecule has 0 spiro atoms. The van der Waals surface area contributed by atoms with Crippen molar-refractivity contribution in [1.29, 1.82) is 0 Å².